The van der Waals surface area contributed by atoms with Gasteiger partial charge in [0.05, 0.1) is 28.6 Å². The van der Waals surface area contributed by atoms with E-state index < -0.39 is 0 Å². The molecular weight excluding hydrogens is 458 g/mol. The minimum Gasteiger partial charge on any atom is -0.491 e. The van der Waals surface area contributed by atoms with Gasteiger partial charge in [0, 0.05) is 23.7 Å². The average Bonchev–Trinajstić information content (AvgIpc) is 3.23. The number of nitrogens with two attached hydrogens (primary N) is 1. The monoisotopic (exact) mass is 475 g/mol. The number of rotatable bonds is 6. The average molecular weight is 477 g/mol. The molecule has 3 heterocycles. The van der Waals surface area contributed by atoms with E-state index in [-0.39, 0.29) is 6.04 Å². The molecule has 4 aromatic rings. The first kappa shape index (κ1) is 19.5. The van der Waals surface area contributed by atoms with Crippen LogP contribution >= 0.6 is 27.5 Å². The fourth-order valence-corrected chi connectivity index (χ4v) is 4.24. The topological polar surface area (TPSA) is 106 Å². The Labute approximate surface area is 180 Å². The number of nitrogens with one attached hydrogen (secondary N) is 2. The number of aromatic amines is 1. The molecule has 29 heavy (non-hydrogen) atoms. The van der Waals surface area contributed by atoms with E-state index >= 15 is 0 Å². The molecule has 150 valence electrons. The van der Waals surface area contributed by atoms with Crippen LogP contribution in [0.5, 0.6) is 5.75 Å². The maximum absolute atomic E-state index is 6.53. The standard InChI is InChI=1S/C19H19BrClN7O/c1-4-29-16-11(8-12(21)14-15(16)25-26-17(14)20)9(2)24-10(3)13-18(22)27-28-7-5-6-23-19(13)28/h5-9,24H,3-4H2,1-2H3,(H2,22,27)(H,25,26). The van der Waals surface area contributed by atoms with E-state index in [0.717, 1.165) is 10.9 Å². The van der Waals surface area contributed by atoms with E-state index in [9.17, 15) is 0 Å². The normalized spacial score (nSPS) is 12.4. The van der Waals surface area contributed by atoms with Gasteiger partial charge in [-0.3, -0.25) is 5.10 Å². The number of ether oxygens (including phenoxy) is 1. The van der Waals surface area contributed by atoms with Gasteiger partial charge in [0.2, 0.25) is 0 Å². The van der Waals surface area contributed by atoms with Gasteiger partial charge in [-0.2, -0.15) is 5.10 Å². The molecular formula is C19H19BrClN7O. The van der Waals surface area contributed by atoms with Gasteiger partial charge in [0.15, 0.2) is 17.2 Å². The van der Waals surface area contributed by atoms with Gasteiger partial charge in [0.1, 0.15) is 10.1 Å². The van der Waals surface area contributed by atoms with Gasteiger partial charge in [-0.25, -0.2) is 9.50 Å². The van der Waals surface area contributed by atoms with E-state index in [1.807, 2.05) is 19.9 Å². The highest BCUT2D eigenvalue weighted by molar-refractivity contribution is 9.10. The van der Waals surface area contributed by atoms with Crippen LogP contribution < -0.4 is 15.8 Å². The number of benzene rings is 1. The summed E-state index contributed by atoms with van der Waals surface area (Å²) in [6, 6.07) is 3.47. The number of H-pyrrole nitrogens is 1. The minimum absolute atomic E-state index is 0.195. The second kappa shape index (κ2) is 7.57. The van der Waals surface area contributed by atoms with Crippen LogP contribution in [0.1, 0.15) is 31.0 Å². The summed E-state index contributed by atoms with van der Waals surface area (Å²) in [7, 11) is 0. The van der Waals surface area contributed by atoms with E-state index in [2.05, 4.69) is 48.1 Å². The largest absolute Gasteiger partial charge is 0.491 e. The lowest BCUT2D eigenvalue weighted by molar-refractivity contribution is 0.337. The Kier molecular flexibility index (Phi) is 5.10. The van der Waals surface area contributed by atoms with Crippen LogP contribution in [0.4, 0.5) is 5.82 Å². The Morgan fingerprint density at radius 3 is 3.07 bits per heavy atom. The maximum atomic E-state index is 6.53. The van der Waals surface area contributed by atoms with Crippen LogP contribution in [-0.2, 0) is 0 Å². The molecule has 3 aromatic heterocycles. The van der Waals surface area contributed by atoms with Crippen molar-refractivity contribution in [3.05, 3.63) is 51.9 Å². The van der Waals surface area contributed by atoms with Crippen LogP contribution in [0.2, 0.25) is 5.02 Å². The molecule has 4 N–H and O–H groups in total. The molecule has 0 fully saturated rings. The highest BCUT2D eigenvalue weighted by Crippen LogP contribution is 2.40. The van der Waals surface area contributed by atoms with Crippen molar-refractivity contribution >= 4 is 55.6 Å². The van der Waals surface area contributed by atoms with Crippen molar-refractivity contribution in [3.8, 4) is 5.75 Å². The summed E-state index contributed by atoms with van der Waals surface area (Å²) in [6.07, 6.45) is 3.47. The quantitative estimate of drug-likeness (QED) is 0.382. The summed E-state index contributed by atoms with van der Waals surface area (Å²) in [4.78, 5) is 4.36. The van der Waals surface area contributed by atoms with Crippen molar-refractivity contribution in [2.24, 2.45) is 0 Å². The Morgan fingerprint density at radius 1 is 1.52 bits per heavy atom. The third-order valence-corrected chi connectivity index (χ3v) is 5.46. The molecule has 0 radical (unpaired) electrons. The summed E-state index contributed by atoms with van der Waals surface area (Å²) < 4.78 is 8.25. The number of hydrogen-bond donors (Lipinski definition) is 3. The second-order valence-corrected chi connectivity index (χ2v) is 7.66. The summed E-state index contributed by atoms with van der Waals surface area (Å²) in [6.45, 7) is 8.56. The van der Waals surface area contributed by atoms with Crippen LogP contribution in [0.25, 0.3) is 22.2 Å². The lowest BCUT2D eigenvalue weighted by Crippen LogP contribution is -2.18. The zero-order valence-corrected chi connectivity index (χ0v) is 18.2. The number of nitrogens with zero attached hydrogens (tertiary/aromatic N) is 4. The van der Waals surface area contributed by atoms with Crippen molar-refractivity contribution in [1.29, 1.82) is 0 Å². The van der Waals surface area contributed by atoms with Crippen molar-refractivity contribution in [2.75, 3.05) is 12.3 Å². The molecule has 4 rings (SSSR count). The summed E-state index contributed by atoms with van der Waals surface area (Å²) in [5.41, 5.74) is 9.52. The lowest BCUT2D eigenvalue weighted by Gasteiger charge is -2.21. The van der Waals surface area contributed by atoms with Crippen LogP contribution in [0, 0.1) is 0 Å². The predicted molar refractivity (Wildman–Crippen MR) is 118 cm³/mol. The van der Waals surface area contributed by atoms with Gasteiger partial charge < -0.3 is 15.8 Å². The smallest absolute Gasteiger partial charge is 0.166 e. The molecule has 0 aliphatic carbocycles. The first-order chi connectivity index (χ1) is 13.9. The van der Waals surface area contributed by atoms with Crippen molar-refractivity contribution in [1.82, 2.24) is 30.1 Å². The Balaban J connectivity index is 1.73. The first-order valence-electron chi connectivity index (χ1n) is 8.95. The molecule has 1 unspecified atom stereocenters. The molecule has 10 heteroatoms. The molecule has 0 spiro atoms. The van der Waals surface area contributed by atoms with Gasteiger partial charge in [-0.15, -0.1) is 5.10 Å². The molecule has 0 aliphatic rings. The molecule has 8 nitrogen and oxygen atoms in total. The number of hydrogen-bond acceptors (Lipinski definition) is 6. The third kappa shape index (κ3) is 3.30. The van der Waals surface area contributed by atoms with Crippen molar-refractivity contribution in [3.63, 3.8) is 0 Å². The zero-order chi connectivity index (χ0) is 20.7. The highest BCUT2D eigenvalue weighted by atomic mass is 79.9. The molecule has 0 bridgehead atoms. The SMILES string of the molecule is C=C(NC(C)c1cc(Cl)c2c(Br)[nH]nc2c1OCC)c1c(N)nn2cccnc12. The molecule has 0 amide bonds. The van der Waals surface area contributed by atoms with E-state index in [1.54, 1.807) is 23.0 Å². The maximum Gasteiger partial charge on any atom is 0.166 e. The van der Waals surface area contributed by atoms with Crippen LogP contribution in [-0.4, -0.2) is 31.4 Å². The molecule has 0 saturated carbocycles. The number of anilines is 1. The first-order valence-corrected chi connectivity index (χ1v) is 10.1. The van der Waals surface area contributed by atoms with E-state index in [0.29, 0.717) is 50.2 Å². The van der Waals surface area contributed by atoms with Gasteiger partial charge >= 0.3 is 0 Å². The van der Waals surface area contributed by atoms with Crippen LogP contribution in [0.15, 0.2) is 35.7 Å². The third-order valence-electron chi connectivity index (χ3n) is 4.59. The van der Waals surface area contributed by atoms with Gasteiger partial charge in [-0.05, 0) is 41.9 Å². The molecule has 1 aromatic carbocycles. The van der Waals surface area contributed by atoms with Gasteiger partial charge in [-0.1, -0.05) is 18.2 Å². The lowest BCUT2D eigenvalue weighted by atomic mass is 10.0. The molecule has 1 atom stereocenters. The van der Waals surface area contributed by atoms with Gasteiger partial charge in [0.25, 0.3) is 0 Å². The Morgan fingerprint density at radius 2 is 2.31 bits per heavy atom. The van der Waals surface area contributed by atoms with E-state index in [1.165, 1.54) is 0 Å². The minimum atomic E-state index is -0.195. The number of nitrogen functional groups attached to an aromatic ring is 1. The Bertz CT molecular complexity index is 1230. The summed E-state index contributed by atoms with van der Waals surface area (Å²) >= 11 is 9.97. The fraction of sp³-hybridized carbons (Fsp3) is 0.211. The Hall–Kier alpha value is -2.78. The number of aromatic nitrogens is 5. The van der Waals surface area contributed by atoms with Crippen molar-refractivity contribution in [2.45, 2.75) is 19.9 Å². The molecule has 0 saturated heterocycles. The molecule has 0 aliphatic heterocycles. The second-order valence-electron chi connectivity index (χ2n) is 6.46. The number of fused-ring (bicyclic) bond motifs is 2. The zero-order valence-electron chi connectivity index (χ0n) is 15.8. The summed E-state index contributed by atoms with van der Waals surface area (Å²) in [5, 5.41) is 16.3. The van der Waals surface area contributed by atoms with Crippen LogP contribution in [0.3, 0.4) is 0 Å². The summed E-state index contributed by atoms with van der Waals surface area (Å²) in [5.74, 6) is 1.01. The highest BCUT2D eigenvalue weighted by Gasteiger charge is 2.23. The fourth-order valence-electron chi connectivity index (χ4n) is 3.34. The van der Waals surface area contributed by atoms with E-state index in [4.69, 9.17) is 22.1 Å². The predicted octanol–water partition coefficient (Wildman–Crippen LogP) is 4.32. The van der Waals surface area contributed by atoms with Crippen molar-refractivity contribution < 1.29 is 4.74 Å². The number of halogens is 2.